The number of benzene rings is 2. The maximum atomic E-state index is 12.7. The molecule has 3 aromatic rings. The molecule has 0 aliphatic heterocycles. The minimum atomic E-state index is -0.0203. The summed E-state index contributed by atoms with van der Waals surface area (Å²) in [6, 6.07) is 13.7. The Kier molecular flexibility index (Phi) is 6.61. The van der Waals surface area contributed by atoms with Crippen LogP contribution in [0.1, 0.15) is 24.0 Å². The fourth-order valence-electron chi connectivity index (χ4n) is 3.07. The van der Waals surface area contributed by atoms with Crippen molar-refractivity contribution in [3.8, 4) is 5.75 Å². The smallest absolute Gasteiger partial charge is 0.274 e. The third kappa shape index (κ3) is 5.08. The van der Waals surface area contributed by atoms with E-state index in [1.54, 1.807) is 18.0 Å². The molecule has 0 spiro atoms. The summed E-state index contributed by atoms with van der Waals surface area (Å²) in [5, 5.41) is 5.93. The molecule has 1 heterocycles. The van der Waals surface area contributed by atoms with Gasteiger partial charge in [0.1, 0.15) is 5.75 Å². The van der Waals surface area contributed by atoms with Crippen LogP contribution in [0.15, 0.2) is 53.5 Å². The van der Waals surface area contributed by atoms with E-state index in [1.165, 1.54) is 0 Å². The molecule has 0 radical (unpaired) electrons. The van der Waals surface area contributed by atoms with Gasteiger partial charge in [-0.25, -0.2) is 4.68 Å². The molecule has 0 saturated heterocycles. The number of methoxy groups -OCH3 is 1. The molecule has 0 aliphatic rings. The van der Waals surface area contributed by atoms with Crippen LogP contribution in [0.3, 0.4) is 0 Å². The van der Waals surface area contributed by atoms with Gasteiger partial charge in [0.2, 0.25) is 0 Å². The van der Waals surface area contributed by atoms with Crippen molar-refractivity contribution in [1.29, 1.82) is 0 Å². The fourth-order valence-corrected chi connectivity index (χ4v) is 3.07. The average molecular weight is 377 g/mol. The van der Waals surface area contributed by atoms with Crippen molar-refractivity contribution in [2.24, 2.45) is 0 Å². The molecule has 28 heavy (non-hydrogen) atoms. The summed E-state index contributed by atoms with van der Waals surface area (Å²) in [6.45, 7) is 1.67. The number of rotatable bonds is 8. The van der Waals surface area contributed by atoms with E-state index in [-0.39, 0.29) is 5.56 Å². The molecular formula is C23H27N3O2. The maximum Gasteiger partial charge on any atom is 0.274 e. The fraction of sp³-hybridized carbons (Fsp3) is 0.304. The standard InChI is InChI=1S/C23H27N3O2/c1-25(2)14-4-5-15-26-23(27)22-13-10-19(16-20(22)17-24-26)7-6-18-8-11-21(28-3)12-9-18/h6-13,16-17H,4-5,14-15H2,1-3H3. The van der Waals surface area contributed by atoms with Gasteiger partial charge in [-0.1, -0.05) is 30.4 Å². The molecule has 1 aromatic heterocycles. The SMILES string of the molecule is COc1ccc(C=Cc2ccc3c(=O)n(CCCCN(C)C)ncc3c2)cc1. The molecule has 0 bridgehead atoms. The number of aryl methyl sites for hydroxylation is 1. The summed E-state index contributed by atoms with van der Waals surface area (Å²) in [4.78, 5) is 14.8. The second-order valence-electron chi connectivity index (χ2n) is 7.14. The minimum Gasteiger partial charge on any atom is -0.497 e. The second-order valence-corrected chi connectivity index (χ2v) is 7.14. The van der Waals surface area contributed by atoms with Gasteiger partial charge in [-0.15, -0.1) is 0 Å². The largest absolute Gasteiger partial charge is 0.497 e. The molecule has 0 aliphatic carbocycles. The van der Waals surface area contributed by atoms with Crippen molar-refractivity contribution in [1.82, 2.24) is 14.7 Å². The molecule has 5 heteroatoms. The van der Waals surface area contributed by atoms with E-state index in [1.807, 2.05) is 54.6 Å². The molecule has 0 amide bonds. The third-order valence-electron chi connectivity index (χ3n) is 4.69. The summed E-state index contributed by atoms with van der Waals surface area (Å²) in [7, 11) is 5.77. The lowest BCUT2D eigenvalue weighted by Gasteiger charge is -2.10. The van der Waals surface area contributed by atoms with Crippen molar-refractivity contribution in [3.63, 3.8) is 0 Å². The second kappa shape index (κ2) is 9.33. The topological polar surface area (TPSA) is 47.4 Å². The molecule has 0 fully saturated rings. The van der Waals surface area contributed by atoms with Crippen molar-refractivity contribution >= 4 is 22.9 Å². The maximum absolute atomic E-state index is 12.7. The predicted molar refractivity (Wildman–Crippen MR) is 116 cm³/mol. The summed E-state index contributed by atoms with van der Waals surface area (Å²) in [6.07, 6.45) is 7.86. The van der Waals surface area contributed by atoms with Gasteiger partial charge < -0.3 is 9.64 Å². The van der Waals surface area contributed by atoms with Crippen LogP contribution in [0.5, 0.6) is 5.75 Å². The Bertz CT molecular complexity index is 1000. The summed E-state index contributed by atoms with van der Waals surface area (Å²) in [5.41, 5.74) is 2.11. The Balaban J connectivity index is 1.73. The number of fused-ring (bicyclic) bond motifs is 1. The molecule has 0 atom stereocenters. The summed E-state index contributed by atoms with van der Waals surface area (Å²) < 4.78 is 6.75. The first kappa shape index (κ1) is 19.8. The first-order chi connectivity index (χ1) is 13.6. The molecule has 0 N–H and O–H groups in total. The highest BCUT2D eigenvalue weighted by atomic mass is 16.5. The highest BCUT2D eigenvalue weighted by Gasteiger charge is 2.05. The van der Waals surface area contributed by atoms with Gasteiger partial charge >= 0.3 is 0 Å². The Morgan fingerprint density at radius 2 is 1.75 bits per heavy atom. The molecule has 5 nitrogen and oxygen atoms in total. The molecule has 0 saturated carbocycles. The number of ether oxygens (including phenoxy) is 1. The third-order valence-corrected chi connectivity index (χ3v) is 4.69. The lowest BCUT2D eigenvalue weighted by Crippen LogP contribution is -2.23. The number of hydrogen-bond acceptors (Lipinski definition) is 4. The Labute approximate surface area is 165 Å². The van der Waals surface area contributed by atoms with Crippen LogP contribution in [0.4, 0.5) is 0 Å². The van der Waals surface area contributed by atoms with Gasteiger partial charge in [0.15, 0.2) is 0 Å². The van der Waals surface area contributed by atoms with Crippen LogP contribution < -0.4 is 10.3 Å². The first-order valence-corrected chi connectivity index (χ1v) is 9.53. The zero-order valence-electron chi connectivity index (χ0n) is 16.8. The van der Waals surface area contributed by atoms with Crippen LogP contribution in [0, 0.1) is 0 Å². The summed E-state index contributed by atoms with van der Waals surface area (Å²) >= 11 is 0. The number of nitrogens with zero attached hydrogens (tertiary/aromatic N) is 3. The van der Waals surface area contributed by atoms with E-state index >= 15 is 0 Å². The molecule has 0 unspecified atom stereocenters. The Morgan fingerprint density at radius 3 is 2.46 bits per heavy atom. The summed E-state index contributed by atoms with van der Waals surface area (Å²) in [5.74, 6) is 0.840. The predicted octanol–water partition coefficient (Wildman–Crippen LogP) is 3.92. The lowest BCUT2D eigenvalue weighted by atomic mass is 10.1. The minimum absolute atomic E-state index is 0.0203. The van der Waals surface area contributed by atoms with Crippen LogP contribution in [0.25, 0.3) is 22.9 Å². The van der Waals surface area contributed by atoms with Crippen molar-refractivity contribution in [2.45, 2.75) is 19.4 Å². The molecule has 3 rings (SSSR count). The van der Waals surface area contributed by atoms with Gasteiger partial charge in [0.25, 0.3) is 5.56 Å². The van der Waals surface area contributed by atoms with E-state index in [4.69, 9.17) is 4.74 Å². The molecule has 2 aromatic carbocycles. The highest BCUT2D eigenvalue weighted by molar-refractivity contribution is 5.84. The van der Waals surface area contributed by atoms with Gasteiger partial charge in [0, 0.05) is 11.9 Å². The zero-order chi connectivity index (χ0) is 19.9. The number of unbranched alkanes of at least 4 members (excludes halogenated alkanes) is 1. The molecular weight excluding hydrogens is 350 g/mol. The van der Waals surface area contributed by atoms with E-state index in [0.29, 0.717) is 11.9 Å². The van der Waals surface area contributed by atoms with Crippen LogP contribution in [0.2, 0.25) is 0 Å². The van der Waals surface area contributed by atoms with Crippen molar-refractivity contribution in [3.05, 3.63) is 70.1 Å². The van der Waals surface area contributed by atoms with Gasteiger partial charge in [0.05, 0.1) is 18.7 Å². The Morgan fingerprint density at radius 1 is 1.04 bits per heavy atom. The van der Waals surface area contributed by atoms with E-state index in [0.717, 1.165) is 41.6 Å². The quantitative estimate of drug-likeness (QED) is 0.441. The normalized spacial score (nSPS) is 11.6. The van der Waals surface area contributed by atoms with Crippen LogP contribution in [-0.4, -0.2) is 42.4 Å². The van der Waals surface area contributed by atoms with Gasteiger partial charge in [-0.2, -0.15) is 5.10 Å². The van der Waals surface area contributed by atoms with Crippen molar-refractivity contribution < 1.29 is 4.74 Å². The van der Waals surface area contributed by atoms with Gasteiger partial charge in [-0.05, 0) is 68.9 Å². The monoisotopic (exact) mass is 377 g/mol. The van der Waals surface area contributed by atoms with Crippen molar-refractivity contribution in [2.75, 3.05) is 27.7 Å². The zero-order valence-corrected chi connectivity index (χ0v) is 16.8. The van der Waals surface area contributed by atoms with Crippen LogP contribution >= 0.6 is 0 Å². The van der Waals surface area contributed by atoms with E-state index in [9.17, 15) is 4.79 Å². The number of hydrogen-bond donors (Lipinski definition) is 0. The first-order valence-electron chi connectivity index (χ1n) is 9.53. The van der Waals surface area contributed by atoms with E-state index < -0.39 is 0 Å². The lowest BCUT2D eigenvalue weighted by molar-refractivity contribution is 0.383. The Hall–Kier alpha value is -2.92. The van der Waals surface area contributed by atoms with Crippen LogP contribution in [-0.2, 0) is 6.54 Å². The number of aromatic nitrogens is 2. The van der Waals surface area contributed by atoms with E-state index in [2.05, 4.69) is 24.1 Å². The molecule has 146 valence electrons. The average Bonchev–Trinajstić information content (AvgIpc) is 2.71. The highest BCUT2D eigenvalue weighted by Crippen LogP contribution is 2.16. The van der Waals surface area contributed by atoms with Gasteiger partial charge in [-0.3, -0.25) is 4.79 Å².